The lowest BCUT2D eigenvalue weighted by atomic mass is 10.1. The molecule has 1 saturated heterocycles. The standard InChI is InChI=1S/C24H24ClN3O4S/c1-16(29)26-22-7-5-6-19-21(13-12-20(25)23(19)22)27-24(30)17-8-10-18(11-9-17)28-14-3-2-4-15-33(28,31)32/h5-13H,2-4,14-15H2,1H3,(H,26,29)(H,27,30). The highest BCUT2D eigenvalue weighted by Gasteiger charge is 2.24. The highest BCUT2D eigenvalue weighted by atomic mass is 35.5. The summed E-state index contributed by atoms with van der Waals surface area (Å²) in [7, 11) is -3.35. The Hall–Kier alpha value is -3.10. The molecule has 33 heavy (non-hydrogen) atoms. The highest BCUT2D eigenvalue weighted by molar-refractivity contribution is 7.92. The minimum atomic E-state index is -3.35. The molecule has 2 N–H and O–H groups in total. The van der Waals surface area contributed by atoms with Crippen molar-refractivity contribution in [2.75, 3.05) is 27.2 Å². The van der Waals surface area contributed by atoms with Gasteiger partial charge in [0, 0.05) is 35.5 Å². The number of carbonyl (C=O) groups excluding carboxylic acids is 2. The summed E-state index contributed by atoms with van der Waals surface area (Å²) in [5.74, 6) is -0.423. The fraction of sp³-hybridized carbons (Fsp3) is 0.250. The monoisotopic (exact) mass is 485 g/mol. The average Bonchev–Trinajstić information content (AvgIpc) is 2.95. The maximum absolute atomic E-state index is 12.9. The van der Waals surface area contributed by atoms with E-state index in [0.717, 1.165) is 12.8 Å². The number of carbonyl (C=O) groups is 2. The fourth-order valence-electron chi connectivity index (χ4n) is 4.00. The van der Waals surface area contributed by atoms with Gasteiger partial charge >= 0.3 is 0 Å². The number of rotatable bonds is 4. The van der Waals surface area contributed by atoms with Gasteiger partial charge in [-0.25, -0.2) is 8.42 Å². The maximum atomic E-state index is 12.9. The minimum Gasteiger partial charge on any atom is -0.326 e. The van der Waals surface area contributed by atoms with Crippen molar-refractivity contribution in [2.45, 2.75) is 26.2 Å². The van der Waals surface area contributed by atoms with E-state index in [1.165, 1.54) is 11.2 Å². The van der Waals surface area contributed by atoms with Crippen LogP contribution in [0, 0.1) is 0 Å². The van der Waals surface area contributed by atoms with Crippen molar-refractivity contribution in [2.24, 2.45) is 0 Å². The second-order valence-corrected chi connectivity index (χ2v) is 10.4. The van der Waals surface area contributed by atoms with Crippen LogP contribution in [0.15, 0.2) is 54.6 Å². The summed E-state index contributed by atoms with van der Waals surface area (Å²) in [5, 5.41) is 7.43. The molecule has 7 nitrogen and oxygen atoms in total. The molecule has 0 spiro atoms. The predicted octanol–water partition coefficient (Wildman–Crippen LogP) is 5.02. The molecule has 3 aromatic rings. The first-order chi connectivity index (χ1) is 15.8. The quantitative estimate of drug-likeness (QED) is 0.542. The van der Waals surface area contributed by atoms with Crippen molar-refractivity contribution in [1.29, 1.82) is 0 Å². The number of hydrogen-bond acceptors (Lipinski definition) is 4. The van der Waals surface area contributed by atoms with E-state index >= 15 is 0 Å². The van der Waals surface area contributed by atoms with E-state index in [4.69, 9.17) is 11.6 Å². The van der Waals surface area contributed by atoms with Crippen LogP contribution >= 0.6 is 11.6 Å². The van der Waals surface area contributed by atoms with E-state index in [1.807, 2.05) is 6.07 Å². The molecule has 0 unspecified atom stereocenters. The molecule has 1 aliphatic heterocycles. The van der Waals surface area contributed by atoms with Crippen LogP contribution in [0.3, 0.4) is 0 Å². The van der Waals surface area contributed by atoms with Gasteiger partial charge in [-0.15, -0.1) is 0 Å². The SMILES string of the molecule is CC(=O)Nc1cccc2c(NC(=O)c3ccc(N4CCCCCS4(=O)=O)cc3)ccc(Cl)c12. The summed E-state index contributed by atoms with van der Waals surface area (Å²) in [6, 6.07) is 15.3. The molecule has 1 aliphatic rings. The first-order valence-corrected chi connectivity index (χ1v) is 12.7. The van der Waals surface area contributed by atoms with Crippen LogP contribution in [0.5, 0.6) is 0 Å². The van der Waals surface area contributed by atoms with E-state index in [2.05, 4.69) is 10.6 Å². The van der Waals surface area contributed by atoms with Crippen LogP contribution < -0.4 is 14.9 Å². The van der Waals surface area contributed by atoms with Gasteiger partial charge in [0.2, 0.25) is 15.9 Å². The second kappa shape index (κ2) is 9.41. The Morgan fingerprint density at radius 1 is 0.909 bits per heavy atom. The Morgan fingerprint density at radius 2 is 1.67 bits per heavy atom. The number of fused-ring (bicyclic) bond motifs is 1. The highest BCUT2D eigenvalue weighted by Crippen LogP contribution is 2.35. The van der Waals surface area contributed by atoms with Crippen molar-refractivity contribution in [1.82, 2.24) is 0 Å². The summed E-state index contributed by atoms with van der Waals surface area (Å²) in [4.78, 5) is 24.5. The molecular formula is C24H24ClN3O4S. The van der Waals surface area contributed by atoms with Gasteiger partial charge in [-0.05, 0) is 55.3 Å². The van der Waals surface area contributed by atoms with Gasteiger partial charge in [-0.2, -0.15) is 0 Å². The minimum absolute atomic E-state index is 0.138. The van der Waals surface area contributed by atoms with E-state index in [0.29, 0.717) is 51.4 Å². The molecule has 0 radical (unpaired) electrons. The smallest absolute Gasteiger partial charge is 0.255 e. The van der Waals surface area contributed by atoms with Crippen LogP contribution in [-0.2, 0) is 14.8 Å². The van der Waals surface area contributed by atoms with E-state index in [-0.39, 0.29) is 17.6 Å². The molecular weight excluding hydrogens is 462 g/mol. The molecule has 0 aromatic heterocycles. The second-order valence-electron chi connectivity index (χ2n) is 7.95. The molecule has 0 saturated carbocycles. The topological polar surface area (TPSA) is 95.6 Å². The van der Waals surface area contributed by atoms with Gasteiger partial charge in [0.15, 0.2) is 0 Å². The largest absolute Gasteiger partial charge is 0.326 e. The first-order valence-electron chi connectivity index (χ1n) is 10.7. The van der Waals surface area contributed by atoms with Crippen molar-refractivity contribution in [3.8, 4) is 0 Å². The normalized spacial score (nSPS) is 15.6. The summed E-state index contributed by atoms with van der Waals surface area (Å²) in [6.07, 6.45) is 2.36. The number of amides is 2. The van der Waals surface area contributed by atoms with Crippen LogP contribution in [0.25, 0.3) is 10.8 Å². The number of anilines is 3. The van der Waals surface area contributed by atoms with Gasteiger partial charge < -0.3 is 10.6 Å². The Labute approximate surface area is 197 Å². The number of nitrogens with zero attached hydrogens (tertiary/aromatic N) is 1. The lowest BCUT2D eigenvalue weighted by Gasteiger charge is -2.22. The van der Waals surface area contributed by atoms with Crippen LogP contribution in [-0.4, -0.2) is 32.5 Å². The molecule has 0 aliphatic carbocycles. The lowest BCUT2D eigenvalue weighted by molar-refractivity contribution is -0.114. The summed E-state index contributed by atoms with van der Waals surface area (Å²) in [6.45, 7) is 1.86. The Bertz CT molecular complexity index is 1320. The fourth-order valence-corrected chi connectivity index (χ4v) is 5.90. The van der Waals surface area contributed by atoms with Gasteiger partial charge in [0.25, 0.3) is 5.91 Å². The third-order valence-electron chi connectivity index (χ3n) is 5.57. The van der Waals surface area contributed by atoms with E-state index in [1.54, 1.807) is 48.5 Å². The number of halogens is 1. The Morgan fingerprint density at radius 3 is 2.39 bits per heavy atom. The van der Waals surface area contributed by atoms with Gasteiger partial charge in [0.05, 0.1) is 22.2 Å². The summed E-state index contributed by atoms with van der Waals surface area (Å²) >= 11 is 6.38. The van der Waals surface area contributed by atoms with Gasteiger partial charge in [-0.3, -0.25) is 13.9 Å². The molecule has 4 rings (SSSR count). The molecule has 3 aromatic carbocycles. The summed E-state index contributed by atoms with van der Waals surface area (Å²) < 4.78 is 26.5. The molecule has 1 fully saturated rings. The number of hydrogen-bond donors (Lipinski definition) is 2. The molecule has 2 amide bonds. The van der Waals surface area contributed by atoms with Crippen molar-refractivity contribution in [3.63, 3.8) is 0 Å². The predicted molar refractivity (Wildman–Crippen MR) is 133 cm³/mol. The Balaban J connectivity index is 1.60. The molecule has 0 bridgehead atoms. The molecule has 172 valence electrons. The molecule has 1 heterocycles. The third kappa shape index (κ3) is 4.96. The average molecular weight is 486 g/mol. The number of benzene rings is 3. The van der Waals surface area contributed by atoms with Crippen LogP contribution in [0.1, 0.15) is 36.5 Å². The van der Waals surface area contributed by atoms with Crippen LogP contribution in [0.4, 0.5) is 17.1 Å². The van der Waals surface area contributed by atoms with Gasteiger partial charge in [0.1, 0.15) is 0 Å². The zero-order valence-corrected chi connectivity index (χ0v) is 19.7. The molecule has 0 atom stereocenters. The van der Waals surface area contributed by atoms with Gasteiger partial charge in [-0.1, -0.05) is 30.2 Å². The van der Waals surface area contributed by atoms with Crippen molar-refractivity contribution in [3.05, 3.63) is 65.2 Å². The molecule has 9 heteroatoms. The Kier molecular flexibility index (Phi) is 6.58. The van der Waals surface area contributed by atoms with Crippen LogP contribution in [0.2, 0.25) is 5.02 Å². The number of nitrogens with one attached hydrogen (secondary N) is 2. The van der Waals surface area contributed by atoms with Crippen molar-refractivity contribution >= 4 is 61.3 Å². The zero-order valence-electron chi connectivity index (χ0n) is 18.1. The zero-order chi connectivity index (χ0) is 23.6. The van der Waals surface area contributed by atoms with Crippen molar-refractivity contribution < 1.29 is 18.0 Å². The maximum Gasteiger partial charge on any atom is 0.255 e. The first kappa shape index (κ1) is 23.1. The van der Waals surface area contributed by atoms with E-state index < -0.39 is 10.0 Å². The van der Waals surface area contributed by atoms with E-state index in [9.17, 15) is 18.0 Å². The lowest BCUT2D eigenvalue weighted by Crippen LogP contribution is -2.32. The number of sulfonamides is 1. The third-order valence-corrected chi connectivity index (χ3v) is 7.75. The summed E-state index contributed by atoms with van der Waals surface area (Å²) in [5.41, 5.74) is 2.06.